The smallest absolute Gasteiger partial charge is 0.0566 e. The second-order valence-corrected chi connectivity index (χ2v) is 5.45. The van der Waals surface area contributed by atoms with Gasteiger partial charge in [-0.25, -0.2) is 0 Å². The van der Waals surface area contributed by atoms with Crippen molar-refractivity contribution in [2.45, 2.75) is 25.7 Å². The second kappa shape index (κ2) is 6.00. The standard InChI is InChI=1S/C18H22N2/c1-2-8-17-18(20-13-6-3-7-14-20)12-11-15-9-4-5-10-16(15)19-17/h2,4-5,9-12,19H,1,3,6-8,13-14H2. The van der Waals surface area contributed by atoms with E-state index in [0.717, 1.165) is 6.42 Å². The van der Waals surface area contributed by atoms with Gasteiger partial charge >= 0.3 is 0 Å². The Labute approximate surface area is 121 Å². The van der Waals surface area contributed by atoms with Gasteiger partial charge in [-0.1, -0.05) is 30.4 Å². The quantitative estimate of drug-likeness (QED) is 0.816. The van der Waals surface area contributed by atoms with Crippen LogP contribution in [0.1, 0.15) is 31.2 Å². The van der Waals surface area contributed by atoms with E-state index in [9.17, 15) is 0 Å². The molecule has 0 unspecified atom stereocenters. The largest absolute Gasteiger partial charge is 0.370 e. The van der Waals surface area contributed by atoms with E-state index in [2.05, 4.69) is 53.2 Å². The maximum Gasteiger partial charge on any atom is 0.0566 e. The normalized spacial score (nSPS) is 18.3. The number of piperidine rings is 1. The van der Waals surface area contributed by atoms with Crippen molar-refractivity contribution in [3.8, 4) is 0 Å². The number of para-hydroxylation sites is 1. The van der Waals surface area contributed by atoms with Crippen molar-refractivity contribution >= 4 is 11.8 Å². The van der Waals surface area contributed by atoms with E-state index in [0.29, 0.717) is 0 Å². The Bertz CT molecular complexity index is 548. The first-order valence-corrected chi connectivity index (χ1v) is 7.51. The monoisotopic (exact) mass is 266 g/mol. The third-order valence-corrected chi connectivity index (χ3v) is 4.02. The van der Waals surface area contributed by atoms with Gasteiger partial charge in [0, 0.05) is 30.9 Å². The summed E-state index contributed by atoms with van der Waals surface area (Å²) < 4.78 is 0. The number of likely N-dealkylation sites (tertiary alicyclic amines) is 1. The maximum absolute atomic E-state index is 3.90. The third kappa shape index (κ3) is 2.64. The fourth-order valence-electron chi connectivity index (χ4n) is 2.98. The van der Waals surface area contributed by atoms with Crippen LogP contribution in [0.3, 0.4) is 0 Å². The lowest BCUT2D eigenvalue weighted by atomic mass is 10.1. The van der Waals surface area contributed by atoms with Gasteiger partial charge in [0.05, 0.1) is 5.70 Å². The van der Waals surface area contributed by atoms with Crippen LogP contribution in [0.4, 0.5) is 5.69 Å². The molecule has 0 radical (unpaired) electrons. The summed E-state index contributed by atoms with van der Waals surface area (Å²) in [5, 5.41) is 3.61. The van der Waals surface area contributed by atoms with Crippen molar-refractivity contribution in [3.63, 3.8) is 0 Å². The average molecular weight is 266 g/mol. The molecule has 2 aliphatic heterocycles. The third-order valence-electron chi connectivity index (χ3n) is 4.02. The average Bonchev–Trinajstić information content (AvgIpc) is 2.68. The zero-order valence-electron chi connectivity index (χ0n) is 11.9. The zero-order chi connectivity index (χ0) is 13.8. The lowest BCUT2D eigenvalue weighted by molar-refractivity contribution is 0.291. The SMILES string of the molecule is C=CCC1=C(N2CCCCC2)C=Cc2ccccc2N1. The minimum atomic E-state index is 0.879. The first kappa shape index (κ1) is 13.0. The number of anilines is 1. The van der Waals surface area contributed by atoms with Crippen LogP contribution in [0.15, 0.2) is 54.4 Å². The number of nitrogens with zero attached hydrogens (tertiary/aromatic N) is 1. The predicted molar refractivity (Wildman–Crippen MR) is 86.4 cm³/mol. The first-order valence-electron chi connectivity index (χ1n) is 7.51. The molecule has 2 heterocycles. The van der Waals surface area contributed by atoms with Crippen molar-refractivity contribution in [1.29, 1.82) is 0 Å². The summed E-state index contributed by atoms with van der Waals surface area (Å²) in [6.07, 6.45) is 11.3. The molecular weight excluding hydrogens is 244 g/mol. The minimum Gasteiger partial charge on any atom is -0.370 e. The van der Waals surface area contributed by atoms with Crippen LogP contribution < -0.4 is 5.32 Å². The number of rotatable bonds is 3. The lowest BCUT2D eigenvalue weighted by Gasteiger charge is -2.31. The summed E-state index contributed by atoms with van der Waals surface area (Å²) in [4.78, 5) is 2.51. The van der Waals surface area contributed by atoms with E-state index in [4.69, 9.17) is 0 Å². The topological polar surface area (TPSA) is 15.3 Å². The molecule has 0 spiro atoms. The highest BCUT2D eigenvalue weighted by Gasteiger charge is 2.17. The molecule has 0 atom stereocenters. The van der Waals surface area contributed by atoms with E-state index in [-0.39, 0.29) is 0 Å². The number of hydrogen-bond donors (Lipinski definition) is 1. The van der Waals surface area contributed by atoms with Crippen LogP contribution in [0.25, 0.3) is 6.08 Å². The van der Waals surface area contributed by atoms with Crippen molar-refractivity contribution in [2.75, 3.05) is 18.4 Å². The van der Waals surface area contributed by atoms with Gasteiger partial charge in [0.15, 0.2) is 0 Å². The van der Waals surface area contributed by atoms with Gasteiger partial charge in [0.1, 0.15) is 0 Å². The van der Waals surface area contributed by atoms with Crippen molar-refractivity contribution in [1.82, 2.24) is 4.90 Å². The molecule has 0 amide bonds. The fourth-order valence-corrected chi connectivity index (χ4v) is 2.98. The van der Waals surface area contributed by atoms with Crippen molar-refractivity contribution < 1.29 is 0 Å². The van der Waals surface area contributed by atoms with Gasteiger partial charge in [0.25, 0.3) is 0 Å². The summed E-state index contributed by atoms with van der Waals surface area (Å²) in [6.45, 7) is 6.23. The van der Waals surface area contributed by atoms with Crippen LogP contribution in [0, 0.1) is 0 Å². The van der Waals surface area contributed by atoms with Crippen LogP contribution in [-0.4, -0.2) is 18.0 Å². The Morgan fingerprint density at radius 3 is 2.70 bits per heavy atom. The molecule has 3 rings (SSSR count). The van der Waals surface area contributed by atoms with Crippen LogP contribution >= 0.6 is 0 Å². The summed E-state index contributed by atoms with van der Waals surface area (Å²) in [6, 6.07) is 8.46. The van der Waals surface area contributed by atoms with Crippen molar-refractivity contribution in [2.24, 2.45) is 0 Å². The first-order chi connectivity index (χ1) is 9.88. The lowest BCUT2D eigenvalue weighted by Crippen LogP contribution is -2.30. The predicted octanol–water partition coefficient (Wildman–Crippen LogP) is 4.40. The molecule has 2 aliphatic rings. The number of nitrogens with one attached hydrogen (secondary N) is 1. The molecule has 0 bridgehead atoms. The van der Waals surface area contributed by atoms with Gasteiger partial charge in [-0.3, -0.25) is 0 Å². The molecule has 104 valence electrons. The maximum atomic E-state index is 3.90. The molecular formula is C18H22N2. The highest BCUT2D eigenvalue weighted by Crippen LogP contribution is 2.28. The highest BCUT2D eigenvalue weighted by atomic mass is 15.2. The number of benzene rings is 1. The molecule has 2 nitrogen and oxygen atoms in total. The molecule has 1 aromatic rings. The fraction of sp³-hybridized carbons (Fsp3) is 0.333. The van der Waals surface area contributed by atoms with Crippen molar-refractivity contribution in [3.05, 3.63) is 60.0 Å². The Balaban J connectivity index is 1.96. The molecule has 20 heavy (non-hydrogen) atoms. The second-order valence-electron chi connectivity index (χ2n) is 5.45. The molecule has 1 aromatic carbocycles. The Morgan fingerprint density at radius 2 is 1.90 bits per heavy atom. The summed E-state index contributed by atoms with van der Waals surface area (Å²) in [5.41, 5.74) is 5.04. The van der Waals surface area contributed by atoms with Gasteiger partial charge in [-0.15, -0.1) is 6.58 Å². The van der Waals surface area contributed by atoms with E-state index in [1.165, 1.54) is 55.0 Å². The van der Waals surface area contributed by atoms with Gasteiger partial charge in [0.2, 0.25) is 0 Å². The van der Waals surface area contributed by atoms with Crippen LogP contribution in [0.2, 0.25) is 0 Å². The summed E-state index contributed by atoms with van der Waals surface area (Å²) in [7, 11) is 0. The van der Waals surface area contributed by atoms with E-state index >= 15 is 0 Å². The Hall–Kier alpha value is -1.96. The number of hydrogen-bond acceptors (Lipinski definition) is 2. The Kier molecular flexibility index (Phi) is 3.91. The van der Waals surface area contributed by atoms with Gasteiger partial charge in [-0.2, -0.15) is 0 Å². The van der Waals surface area contributed by atoms with Gasteiger partial charge < -0.3 is 10.2 Å². The minimum absolute atomic E-state index is 0.879. The number of allylic oxidation sites excluding steroid dienone is 2. The Morgan fingerprint density at radius 1 is 1.10 bits per heavy atom. The van der Waals surface area contributed by atoms with E-state index in [1.807, 2.05) is 6.08 Å². The van der Waals surface area contributed by atoms with E-state index < -0.39 is 0 Å². The van der Waals surface area contributed by atoms with E-state index in [1.54, 1.807) is 0 Å². The zero-order valence-corrected chi connectivity index (χ0v) is 11.9. The highest BCUT2D eigenvalue weighted by molar-refractivity contribution is 5.72. The number of fused-ring (bicyclic) bond motifs is 1. The molecule has 0 aromatic heterocycles. The summed E-state index contributed by atoms with van der Waals surface area (Å²) in [5.74, 6) is 0. The molecule has 1 fully saturated rings. The molecule has 1 saturated heterocycles. The molecule has 1 N–H and O–H groups in total. The molecule has 2 heteroatoms. The molecule has 0 aliphatic carbocycles. The summed E-state index contributed by atoms with van der Waals surface area (Å²) >= 11 is 0. The van der Waals surface area contributed by atoms with Crippen LogP contribution in [-0.2, 0) is 0 Å². The van der Waals surface area contributed by atoms with Gasteiger partial charge in [-0.05, 0) is 37.0 Å². The van der Waals surface area contributed by atoms with Crippen LogP contribution in [0.5, 0.6) is 0 Å². The molecule has 0 saturated carbocycles.